The minimum Gasteiger partial charge on any atom is -0.422 e. The van der Waals surface area contributed by atoms with Crippen molar-refractivity contribution in [2.45, 2.75) is 5.92 Å². The number of fused-ring (bicyclic) bond motifs is 1. The third-order valence-electron chi connectivity index (χ3n) is 2.96. The smallest absolute Gasteiger partial charge is 0.221 e. The number of ether oxygens (including phenoxy) is 1. The van der Waals surface area contributed by atoms with E-state index in [2.05, 4.69) is 16.3 Å². The van der Waals surface area contributed by atoms with E-state index in [9.17, 15) is 5.26 Å². The normalized spacial score (nSPS) is 17.8. The summed E-state index contributed by atoms with van der Waals surface area (Å²) in [7, 11) is 0. The Morgan fingerprint density at radius 2 is 2.11 bits per heavy atom. The Kier molecular flexibility index (Phi) is 2.27. The van der Waals surface area contributed by atoms with Gasteiger partial charge in [0.15, 0.2) is 0 Å². The number of allylic oxidation sites excluding steroid dienone is 1. The van der Waals surface area contributed by atoms with Crippen LogP contribution in [0.3, 0.4) is 0 Å². The van der Waals surface area contributed by atoms with Crippen molar-refractivity contribution in [3.05, 3.63) is 59.1 Å². The van der Waals surface area contributed by atoms with Crippen LogP contribution in [0.4, 0.5) is 0 Å². The molecule has 0 saturated carbocycles. The van der Waals surface area contributed by atoms with Gasteiger partial charge in [-0.3, -0.25) is 0 Å². The molecule has 3 N–H and O–H groups in total. The fourth-order valence-corrected chi connectivity index (χ4v) is 2.15. The van der Waals surface area contributed by atoms with Gasteiger partial charge in [0.25, 0.3) is 0 Å². The number of nitrogens with two attached hydrogens (primary N) is 1. The Morgan fingerprint density at radius 3 is 2.83 bits per heavy atom. The lowest BCUT2D eigenvalue weighted by Crippen LogP contribution is -2.20. The van der Waals surface area contributed by atoms with Gasteiger partial charge in [0.1, 0.15) is 11.6 Å². The number of rotatable bonds is 1. The molecule has 0 saturated heterocycles. The van der Waals surface area contributed by atoms with Crippen LogP contribution in [-0.2, 0) is 0 Å². The van der Waals surface area contributed by atoms with Crippen molar-refractivity contribution in [3.8, 4) is 11.9 Å². The van der Waals surface area contributed by atoms with Gasteiger partial charge in [0.2, 0.25) is 11.8 Å². The van der Waals surface area contributed by atoms with Crippen LogP contribution in [0.1, 0.15) is 17.0 Å². The van der Waals surface area contributed by atoms with E-state index in [1.54, 1.807) is 6.20 Å². The maximum Gasteiger partial charge on any atom is 0.221 e. The number of nitrogens with zero attached hydrogens (tertiary/aromatic N) is 2. The maximum atomic E-state index is 9.26. The summed E-state index contributed by atoms with van der Waals surface area (Å²) >= 11 is 0. The van der Waals surface area contributed by atoms with E-state index in [0.29, 0.717) is 11.5 Å². The zero-order valence-corrected chi connectivity index (χ0v) is 9.42. The van der Waals surface area contributed by atoms with Crippen LogP contribution < -0.4 is 10.5 Å². The molecule has 0 spiro atoms. The number of hydrogen-bond acceptors (Lipinski definition) is 4. The molecule has 1 unspecified atom stereocenters. The first-order valence-corrected chi connectivity index (χ1v) is 5.47. The number of nitriles is 1. The average Bonchev–Trinajstić information content (AvgIpc) is 2.85. The third-order valence-corrected chi connectivity index (χ3v) is 2.96. The fraction of sp³-hybridized carbons (Fsp3) is 0.0769. The summed E-state index contributed by atoms with van der Waals surface area (Å²) in [6.45, 7) is 0. The van der Waals surface area contributed by atoms with Crippen molar-refractivity contribution < 1.29 is 4.74 Å². The largest absolute Gasteiger partial charge is 0.422 e. The van der Waals surface area contributed by atoms with E-state index in [4.69, 9.17) is 10.5 Å². The molecule has 1 aliphatic heterocycles. The Morgan fingerprint density at radius 1 is 1.33 bits per heavy atom. The van der Waals surface area contributed by atoms with Gasteiger partial charge in [-0.15, -0.1) is 0 Å². The van der Waals surface area contributed by atoms with Crippen molar-refractivity contribution in [1.29, 1.82) is 5.26 Å². The van der Waals surface area contributed by atoms with Gasteiger partial charge in [0.05, 0.1) is 12.1 Å². The summed E-state index contributed by atoms with van der Waals surface area (Å²) in [4.78, 5) is 0. The van der Waals surface area contributed by atoms with Crippen molar-refractivity contribution in [1.82, 2.24) is 10.2 Å². The zero-order chi connectivity index (χ0) is 12.5. The fourth-order valence-electron chi connectivity index (χ4n) is 2.15. The SMILES string of the molecule is N#CC1=C(N)Oc2[nH]ncc2C1c1ccccc1. The quantitative estimate of drug-likeness (QED) is 0.790. The second-order valence-corrected chi connectivity index (χ2v) is 3.99. The Labute approximate surface area is 103 Å². The second kappa shape index (κ2) is 3.93. The Balaban J connectivity index is 2.20. The molecule has 5 nitrogen and oxygen atoms in total. The highest BCUT2D eigenvalue weighted by Gasteiger charge is 2.31. The van der Waals surface area contributed by atoms with Crippen LogP contribution in [0.15, 0.2) is 48.0 Å². The highest BCUT2D eigenvalue weighted by atomic mass is 16.5. The molecule has 1 aromatic heterocycles. The molecule has 1 atom stereocenters. The van der Waals surface area contributed by atoms with Crippen LogP contribution in [0.5, 0.6) is 5.88 Å². The van der Waals surface area contributed by atoms with Crippen LogP contribution in [0, 0.1) is 11.3 Å². The third kappa shape index (κ3) is 1.44. The molecule has 88 valence electrons. The summed E-state index contributed by atoms with van der Waals surface area (Å²) in [5.74, 6) is 0.405. The first kappa shape index (κ1) is 10.4. The van der Waals surface area contributed by atoms with Crippen molar-refractivity contribution in [2.75, 3.05) is 0 Å². The lowest BCUT2D eigenvalue weighted by molar-refractivity contribution is 0.379. The predicted molar refractivity (Wildman–Crippen MR) is 64.3 cm³/mol. The monoisotopic (exact) mass is 238 g/mol. The number of aromatic amines is 1. The molecule has 2 aromatic rings. The van der Waals surface area contributed by atoms with Crippen LogP contribution in [-0.4, -0.2) is 10.2 Å². The first-order valence-electron chi connectivity index (χ1n) is 5.47. The molecule has 3 rings (SSSR count). The maximum absolute atomic E-state index is 9.26. The summed E-state index contributed by atoms with van der Waals surface area (Å²) in [5.41, 5.74) is 8.01. The highest BCUT2D eigenvalue weighted by molar-refractivity contribution is 5.52. The van der Waals surface area contributed by atoms with Crippen LogP contribution >= 0.6 is 0 Å². The van der Waals surface area contributed by atoms with Crippen LogP contribution in [0.25, 0.3) is 0 Å². The summed E-state index contributed by atoms with van der Waals surface area (Å²) in [6, 6.07) is 11.8. The molecule has 0 amide bonds. The summed E-state index contributed by atoms with van der Waals surface area (Å²) < 4.78 is 5.34. The molecular formula is C13H10N4O. The van der Waals surface area contributed by atoms with Gasteiger partial charge in [-0.1, -0.05) is 30.3 Å². The number of aromatic nitrogens is 2. The zero-order valence-electron chi connectivity index (χ0n) is 9.42. The van der Waals surface area contributed by atoms with Gasteiger partial charge in [0, 0.05) is 5.56 Å². The van der Waals surface area contributed by atoms with E-state index in [-0.39, 0.29) is 11.8 Å². The molecule has 5 heteroatoms. The van der Waals surface area contributed by atoms with E-state index in [0.717, 1.165) is 11.1 Å². The number of nitrogens with one attached hydrogen (secondary N) is 1. The second-order valence-electron chi connectivity index (χ2n) is 3.99. The highest BCUT2D eigenvalue weighted by Crippen LogP contribution is 2.40. The summed E-state index contributed by atoms with van der Waals surface area (Å²) in [5, 5.41) is 15.9. The lowest BCUT2D eigenvalue weighted by atomic mass is 9.86. The molecule has 0 radical (unpaired) electrons. The molecular weight excluding hydrogens is 228 g/mol. The molecule has 0 bridgehead atoms. The molecule has 0 fully saturated rings. The van der Waals surface area contributed by atoms with Crippen molar-refractivity contribution in [3.63, 3.8) is 0 Å². The van der Waals surface area contributed by atoms with E-state index >= 15 is 0 Å². The van der Waals surface area contributed by atoms with E-state index in [1.165, 1.54) is 0 Å². The molecule has 0 aliphatic carbocycles. The predicted octanol–water partition coefficient (Wildman–Crippen LogP) is 1.63. The Bertz CT molecular complexity index is 651. The van der Waals surface area contributed by atoms with Gasteiger partial charge in [-0.25, -0.2) is 5.10 Å². The average molecular weight is 238 g/mol. The van der Waals surface area contributed by atoms with E-state index < -0.39 is 0 Å². The molecule has 18 heavy (non-hydrogen) atoms. The molecule has 1 aliphatic rings. The van der Waals surface area contributed by atoms with Gasteiger partial charge in [-0.2, -0.15) is 10.4 Å². The minimum atomic E-state index is -0.223. The number of hydrogen-bond donors (Lipinski definition) is 2. The lowest BCUT2D eigenvalue weighted by Gasteiger charge is -2.22. The molecule has 2 heterocycles. The summed E-state index contributed by atoms with van der Waals surface area (Å²) in [6.07, 6.45) is 1.66. The molecule has 1 aromatic carbocycles. The Hall–Kier alpha value is -2.74. The van der Waals surface area contributed by atoms with Crippen LogP contribution in [0.2, 0.25) is 0 Å². The number of benzene rings is 1. The number of H-pyrrole nitrogens is 1. The van der Waals surface area contributed by atoms with E-state index in [1.807, 2.05) is 30.3 Å². The van der Waals surface area contributed by atoms with Crippen molar-refractivity contribution >= 4 is 0 Å². The first-order chi connectivity index (χ1) is 8.81. The minimum absolute atomic E-state index is 0.128. The standard InChI is InChI=1S/C13H10N4O/c14-6-9-11(8-4-2-1-3-5-8)10-7-16-17-13(10)18-12(9)15/h1-5,7,11H,15H2,(H,16,17). The van der Waals surface area contributed by atoms with Gasteiger partial charge >= 0.3 is 0 Å². The van der Waals surface area contributed by atoms with Crippen molar-refractivity contribution in [2.24, 2.45) is 5.73 Å². The van der Waals surface area contributed by atoms with Gasteiger partial charge in [-0.05, 0) is 5.56 Å². The topological polar surface area (TPSA) is 87.7 Å². The van der Waals surface area contributed by atoms with Gasteiger partial charge < -0.3 is 10.5 Å².